The van der Waals surface area contributed by atoms with E-state index in [0.29, 0.717) is 36.9 Å². The van der Waals surface area contributed by atoms with E-state index in [-0.39, 0.29) is 11.7 Å². The molecule has 0 fully saturated rings. The van der Waals surface area contributed by atoms with Crippen LogP contribution in [0.5, 0.6) is 17.2 Å². The summed E-state index contributed by atoms with van der Waals surface area (Å²) in [7, 11) is 0. The Bertz CT molecular complexity index is 1040. The van der Waals surface area contributed by atoms with E-state index in [1.807, 2.05) is 17.5 Å². The van der Waals surface area contributed by atoms with Crippen molar-refractivity contribution in [3.63, 3.8) is 0 Å². The van der Waals surface area contributed by atoms with Gasteiger partial charge in [-0.05, 0) is 42.6 Å². The Morgan fingerprint density at radius 3 is 2.63 bits per heavy atom. The highest BCUT2D eigenvalue weighted by Crippen LogP contribution is 2.35. The summed E-state index contributed by atoms with van der Waals surface area (Å²) in [6, 6.07) is 12.3. The summed E-state index contributed by atoms with van der Waals surface area (Å²) in [4.78, 5) is 15.8. The molecule has 3 aromatic rings. The number of thiophene rings is 1. The standard InChI is InChI=1S/C22H19F2NO4S/c1-14(29-16-5-6-18(23)19(24)12-16)22(26)25(13-17-3-2-10-30-17)15-4-7-20-21(11-15)28-9-8-27-20/h2-7,10-12,14H,8-9,13H2,1H3. The lowest BCUT2D eigenvalue weighted by atomic mass is 10.2. The molecule has 1 atom stereocenters. The molecular formula is C22H19F2NO4S. The summed E-state index contributed by atoms with van der Waals surface area (Å²) < 4.78 is 43.5. The lowest BCUT2D eigenvalue weighted by Gasteiger charge is -2.27. The Hall–Kier alpha value is -3.13. The fourth-order valence-electron chi connectivity index (χ4n) is 3.08. The summed E-state index contributed by atoms with van der Waals surface area (Å²) in [5.74, 6) is -1.07. The van der Waals surface area contributed by atoms with Crippen LogP contribution in [0.4, 0.5) is 14.5 Å². The second-order valence-corrected chi connectivity index (χ2v) is 7.70. The number of hydrogen-bond donors (Lipinski definition) is 0. The quantitative estimate of drug-likeness (QED) is 0.563. The smallest absolute Gasteiger partial charge is 0.268 e. The van der Waals surface area contributed by atoms with Gasteiger partial charge in [0.25, 0.3) is 5.91 Å². The van der Waals surface area contributed by atoms with E-state index in [4.69, 9.17) is 14.2 Å². The highest BCUT2D eigenvalue weighted by molar-refractivity contribution is 7.09. The van der Waals surface area contributed by atoms with E-state index in [0.717, 1.165) is 17.0 Å². The second kappa shape index (κ2) is 8.71. The molecule has 0 bridgehead atoms. The van der Waals surface area contributed by atoms with Crippen molar-refractivity contribution < 1.29 is 27.8 Å². The molecule has 8 heteroatoms. The first-order valence-electron chi connectivity index (χ1n) is 9.36. The van der Waals surface area contributed by atoms with E-state index in [1.165, 1.54) is 17.4 Å². The predicted molar refractivity (Wildman–Crippen MR) is 109 cm³/mol. The first-order chi connectivity index (χ1) is 14.5. The molecule has 0 N–H and O–H groups in total. The lowest BCUT2D eigenvalue weighted by molar-refractivity contribution is -0.124. The Morgan fingerprint density at radius 2 is 1.90 bits per heavy atom. The van der Waals surface area contributed by atoms with E-state index in [9.17, 15) is 13.6 Å². The third kappa shape index (κ3) is 4.38. The molecule has 0 saturated heterocycles. The van der Waals surface area contributed by atoms with Gasteiger partial charge < -0.3 is 19.1 Å². The average molecular weight is 431 g/mol. The molecule has 1 aromatic heterocycles. The summed E-state index contributed by atoms with van der Waals surface area (Å²) in [5, 5.41) is 1.93. The number of benzene rings is 2. The summed E-state index contributed by atoms with van der Waals surface area (Å²) >= 11 is 1.53. The zero-order valence-corrected chi connectivity index (χ0v) is 17.0. The van der Waals surface area contributed by atoms with Gasteiger partial charge in [-0.15, -0.1) is 11.3 Å². The van der Waals surface area contributed by atoms with Crippen LogP contribution in [0, 0.1) is 11.6 Å². The third-order valence-electron chi connectivity index (χ3n) is 4.55. The molecule has 0 saturated carbocycles. The molecule has 0 aliphatic carbocycles. The van der Waals surface area contributed by atoms with Crippen LogP contribution in [-0.2, 0) is 11.3 Å². The number of carbonyl (C=O) groups excluding carboxylic acids is 1. The zero-order chi connectivity index (χ0) is 21.1. The normalized spacial score (nSPS) is 13.6. The van der Waals surface area contributed by atoms with Crippen LogP contribution in [0.2, 0.25) is 0 Å². The van der Waals surface area contributed by atoms with Crippen LogP contribution < -0.4 is 19.1 Å². The predicted octanol–water partition coefficient (Wildman–Crippen LogP) is 4.80. The SMILES string of the molecule is CC(Oc1ccc(F)c(F)c1)C(=O)N(Cc1cccs1)c1ccc2c(c1)OCCO2. The molecule has 30 heavy (non-hydrogen) atoms. The fraction of sp³-hybridized carbons (Fsp3) is 0.227. The van der Waals surface area contributed by atoms with Gasteiger partial charge in [0.05, 0.1) is 6.54 Å². The number of ether oxygens (including phenoxy) is 3. The van der Waals surface area contributed by atoms with Crippen LogP contribution in [0.1, 0.15) is 11.8 Å². The van der Waals surface area contributed by atoms with Crippen molar-refractivity contribution in [3.05, 3.63) is 70.4 Å². The van der Waals surface area contributed by atoms with Gasteiger partial charge in [-0.25, -0.2) is 8.78 Å². The number of carbonyl (C=O) groups is 1. The van der Waals surface area contributed by atoms with Gasteiger partial charge in [-0.3, -0.25) is 4.79 Å². The third-order valence-corrected chi connectivity index (χ3v) is 5.41. The Balaban J connectivity index is 1.59. The van der Waals surface area contributed by atoms with E-state index in [1.54, 1.807) is 30.0 Å². The van der Waals surface area contributed by atoms with Gasteiger partial charge in [0, 0.05) is 22.7 Å². The van der Waals surface area contributed by atoms with Gasteiger partial charge in [-0.1, -0.05) is 6.07 Å². The zero-order valence-electron chi connectivity index (χ0n) is 16.1. The Kier molecular flexibility index (Phi) is 5.85. The number of amides is 1. The molecule has 0 spiro atoms. The van der Waals surface area contributed by atoms with Crippen molar-refractivity contribution >= 4 is 22.9 Å². The fourth-order valence-corrected chi connectivity index (χ4v) is 3.77. The second-order valence-electron chi connectivity index (χ2n) is 6.67. The number of anilines is 1. The van der Waals surface area contributed by atoms with Crippen molar-refractivity contribution in [2.75, 3.05) is 18.1 Å². The van der Waals surface area contributed by atoms with Crippen molar-refractivity contribution in [2.24, 2.45) is 0 Å². The van der Waals surface area contributed by atoms with Crippen molar-refractivity contribution in [1.29, 1.82) is 0 Å². The largest absolute Gasteiger partial charge is 0.486 e. The van der Waals surface area contributed by atoms with Crippen LogP contribution in [0.15, 0.2) is 53.9 Å². The first-order valence-corrected chi connectivity index (χ1v) is 10.2. The average Bonchev–Trinajstić information content (AvgIpc) is 3.27. The van der Waals surface area contributed by atoms with Crippen molar-refractivity contribution in [1.82, 2.24) is 0 Å². The van der Waals surface area contributed by atoms with Crippen LogP contribution in [-0.4, -0.2) is 25.2 Å². The summed E-state index contributed by atoms with van der Waals surface area (Å²) in [6.45, 7) is 2.82. The maximum atomic E-state index is 13.5. The Labute approximate surface area is 176 Å². The monoisotopic (exact) mass is 431 g/mol. The molecule has 0 radical (unpaired) electrons. The summed E-state index contributed by atoms with van der Waals surface area (Å²) in [5.41, 5.74) is 0.624. The number of halogens is 2. The molecule has 156 valence electrons. The molecule has 1 amide bonds. The number of nitrogens with zero attached hydrogens (tertiary/aromatic N) is 1. The van der Waals surface area contributed by atoms with Gasteiger partial charge in [0.2, 0.25) is 0 Å². The number of fused-ring (bicyclic) bond motifs is 1. The molecule has 5 nitrogen and oxygen atoms in total. The Morgan fingerprint density at radius 1 is 1.10 bits per heavy atom. The molecule has 4 rings (SSSR count). The highest BCUT2D eigenvalue weighted by atomic mass is 32.1. The molecule has 1 unspecified atom stereocenters. The van der Waals surface area contributed by atoms with Gasteiger partial charge in [0.15, 0.2) is 29.2 Å². The van der Waals surface area contributed by atoms with Crippen molar-refractivity contribution in [3.8, 4) is 17.2 Å². The summed E-state index contributed by atoms with van der Waals surface area (Å²) in [6.07, 6.45) is -0.928. The van der Waals surface area contributed by atoms with Crippen LogP contribution in [0.3, 0.4) is 0 Å². The van der Waals surface area contributed by atoms with Crippen LogP contribution in [0.25, 0.3) is 0 Å². The number of hydrogen-bond acceptors (Lipinski definition) is 5. The number of rotatable bonds is 6. The van der Waals surface area contributed by atoms with E-state index >= 15 is 0 Å². The van der Waals surface area contributed by atoms with Crippen molar-refractivity contribution in [2.45, 2.75) is 19.6 Å². The molecule has 1 aliphatic rings. The van der Waals surface area contributed by atoms with Gasteiger partial charge in [0.1, 0.15) is 19.0 Å². The minimum absolute atomic E-state index is 0.0768. The van der Waals surface area contributed by atoms with Gasteiger partial charge in [-0.2, -0.15) is 0 Å². The lowest BCUT2D eigenvalue weighted by Crippen LogP contribution is -2.40. The maximum Gasteiger partial charge on any atom is 0.268 e. The topological polar surface area (TPSA) is 48.0 Å². The molecule has 2 aromatic carbocycles. The minimum atomic E-state index is -1.03. The molecule has 2 heterocycles. The van der Waals surface area contributed by atoms with Gasteiger partial charge >= 0.3 is 0 Å². The highest BCUT2D eigenvalue weighted by Gasteiger charge is 2.26. The first kappa shape index (κ1) is 20.2. The van der Waals surface area contributed by atoms with E-state index in [2.05, 4.69) is 0 Å². The maximum absolute atomic E-state index is 13.5. The minimum Gasteiger partial charge on any atom is -0.486 e. The molecular weight excluding hydrogens is 412 g/mol. The molecule has 1 aliphatic heterocycles. The van der Waals surface area contributed by atoms with E-state index < -0.39 is 17.7 Å². The van der Waals surface area contributed by atoms with Crippen LogP contribution >= 0.6 is 11.3 Å².